The van der Waals surface area contributed by atoms with Crippen LogP contribution in [0.25, 0.3) is 0 Å². The number of morpholine rings is 4. The molecular weight excluding hydrogens is 1550 g/mol. The molecule has 0 amide bonds. The molecule has 21 rings (SSSR count). The SMILES string of the molecule is COc1ccc(Nc2nc(Nc3ccc(N4CCOCC4)cc3)nc3c2NCN3)cc1.c1cc(N2CCOCC2)ccc1Nc1nc2c(c(NC3CCCC3)n1)NCN2.c1cc(N2CCOCC2)ccc1Nc1nc2c(c(NCC3CC3)n1)NCN2.c1ccc(Oc2cccc(Nc3nc(Nc4ccc(N5CCOCC5)cc4)nc4c3NCN4)c2)cc1. The molecule has 10 aliphatic rings. The molecule has 12 heterocycles. The van der Waals surface area contributed by atoms with Crippen molar-refractivity contribution in [1.29, 1.82) is 0 Å². The van der Waals surface area contributed by atoms with E-state index >= 15 is 0 Å². The van der Waals surface area contributed by atoms with Crippen molar-refractivity contribution in [2.24, 2.45) is 5.92 Å². The summed E-state index contributed by atoms with van der Waals surface area (Å²) in [5.41, 5.74) is 14.0. The molecular formula is C88H104N28O6. The van der Waals surface area contributed by atoms with E-state index in [9.17, 15) is 0 Å². The first kappa shape index (κ1) is 79.4. The Hall–Kier alpha value is -13.7. The summed E-state index contributed by atoms with van der Waals surface area (Å²) < 4.78 is 33.0. The van der Waals surface area contributed by atoms with E-state index in [1.165, 1.54) is 61.3 Å². The van der Waals surface area contributed by atoms with Crippen molar-refractivity contribution in [3.8, 4) is 17.2 Å². The molecule has 0 radical (unpaired) electrons. The summed E-state index contributed by atoms with van der Waals surface area (Å²) in [5, 5.41) is 53.5. The van der Waals surface area contributed by atoms with Crippen LogP contribution >= 0.6 is 0 Å². The van der Waals surface area contributed by atoms with Gasteiger partial charge in [0.05, 0.1) is 86.6 Å². The molecule has 16 N–H and O–H groups in total. The van der Waals surface area contributed by atoms with Gasteiger partial charge in [-0.15, -0.1) is 0 Å². The lowest BCUT2D eigenvalue weighted by atomic mass is 10.2. The van der Waals surface area contributed by atoms with Gasteiger partial charge in [0.1, 0.15) is 40.0 Å². The van der Waals surface area contributed by atoms with Gasteiger partial charge in [0, 0.05) is 128 Å². The molecule has 11 aromatic rings. The Labute approximate surface area is 708 Å². The summed E-state index contributed by atoms with van der Waals surface area (Å²) in [7, 11) is 1.65. The number of aromatic nitrogens is 8. The topological polar surface area (TPSA) is 364 Å². The minimum atomic E-state index is 0.502. The van der Waals surface area contributed by atoms with E-state index in [1.54, 1.807) is 7.11 Å². The zero-order valence-electron chi connectivity index (χ0n) is 68.3. The van der Waals surface area contributed by atoms with Gasteiger partial charge in [-0.1, -0.05) is 37.1 Å². The molecule has 0 unspecified atom stereocenters. The van der Waals surface area contributed by atoms with Crippen molar-refractivity contribution in [2.75, 3.05) is 250 Å². The summed E-state index contributed by atoms with van der Waals surface area (Å²) in [4.78, 5) is 46.7. The van der Waals surface area contributed by atoms with E-state index in [0.717, 1.165) is 227 Å². The fourth-order valence-corrected chi connectivity index (χ4v) is 15.4. The molecule has 122 heavy (non-hydrogen) atoms. The molecule has 2 aliphatic carbocycles. The predicted molar refractivity (Wildman–Crippen MR) is 487 cm³/mol. The molecule has 8 aliphatic heterocycles. The largest absolute Gasteiger partial charge is 0.497 e. The average Bonchev–Trinajstić information content (AvgIpc) is 1.66. The van der Waals surface area contributed by atoms with E-state index in [-0.39, 0.29) is 0 Å². The summed E-state index contributed by atoms with van der Waals surface area (Å²) in [6.07, 6.45) is 7.61. The fourth-order valence-electron chi connectivity index (χ4n) is 15.4. The van der Waals surface area contributed by atoms with Crippen LogP contribution in [0.5, 0.6) is 17.2 Å². The maximum absolute atomic E-state index is 5.98. The third-order valence-corrected chi connectivity index (χ3v) is 22.1. The van der Waals surface area contributed by atoms with E-state index in [0.29, 0.717) is 68.1 Å². The third-order valence-electron chi connectivity index (χ3n) is 22.1. The van der Waals surface area contributed by atoms with E-state index in [4.69, 9.17) is 43.4 Å². The van der Waals surface area contributed by atoms with Gasteiger partial charge in [-0.3, -0.25) is 0 Å². The van der Waals surface area contributed by atoms with Gasteiger partial charge in [-0.25, -0.2) is 0 Å². The average molecular weight is 1650 g/mol. The number of anilines is 26. The van der Waals surface area contributed by atoms with Gasteiger partial charge >= 0.3 is 0 Å². The monoisotopic (exact) mass is 1650 g/mol. The fraction of sp³-hybridized carbons (Fsp3) is 0.341. The molecule has 34 nitrogen and oxygen atoms in total. The quantitative estimate of drug-likeness (QED) is 0.0267. The van der Waals surface area contributed by atoms with Gasteiger partial charge < -0.3 is 133 Å². The molecule has 4 saturated heterocycles. The van der Waals surface area contributed by atoms with Crippen molar-refractivity contribution < 1.29 is 28.4 Å². The molecule has 4 aromatic heterocycles. The normalized spacial score (nSPS) is 16.5. The number of para-hydroxylation sites is 1. The maximum atomic E-state index is 5.98. The summed E-state index contributed by atoms with van der Waals surface area (Å²) in [6, 6.07) is 59.2. The lowest BCUT2D eigenvalue weighted by Gasteiger charge is -2.28. The molecule has 2 saturated carbocycles. The van der Waals surface area contributed by atoms with Crippen LogP contribution in [0.2, 0.25) is 0 Å². The number of benzene rings is 7. The Morgan fingerprint density at radius 2 is 0.672 bits per heavy atom. The van der Waals surface area contributed by atoms with Gasteiger partial charge in [0.25, 0.3) is 0 Å². The first-order valence-corrected chi connectivity index (χ1v) is 42.2. The van der Waals surface area contributed by atoms with Crippen molar-refractivity contribution in [3.05, 3.63) is 176 Å². The van der Waals surface area contributed by atoms with Crippen LogP contribution in [-0.2, 0) is 18.9 Å². The zero-order valence-corrected chi connectivity index (χ0v) is 68.3. The number of methoxy groups -OCH3 is 1. The van der Waals surface area contributed by atoms with Crippen molar-refractivity contribution in [2.45, 2.75) is 44.6 Å². The van der Waals surface area contributed by atoms with Crippen LogP contribution < -0.4 is 114 Å². The Kier molecular flexibility index (Phi) is 25.1. The van der Waals surface area contributed by atoms with Crippen LogP contribution in [0.4, 0.5) is 150 Å². The number of hydrogen-bond donors (Lipinski definition) is 16. The Balaban J connectivity index is 0.000000112. The molecule has 632 valence electrons. The highest BCUT2D eigenvalue weighted by Gasteiger charge is 2.28. The minimum Gasteiger partial charge on any atom is -0.497 e. The van der Waals surface area contributed by atoms with Crippen LogP contribution in [0.15, 0.2) is 176 Å². The van der Waals surface area contributed by atoms with Crippen molar-refractivity contribution in [3.63, 3.8) is 0 Å². The van der Waals surface area contributed by atoms with E-state index < -0.39 is 0 Å². The zero-order chi connectivity index (χ0) is 82.0. The lowest BCUT2D eigenvalue weighted by molar-refractivity contribution is 0.122. The molecule has 0 atom stereocenters. The highest BCUT2D eigenvalue weighted by molar-refractivity contribution is 5.88. The molecule has 6 fully saturated rings. The van der Waals surface area contributed by atoms with Gasteiger partial charge in [-0.2, -0.15) is 39.9 Å². The summed E-state index contributed by atoms with van der Waals surface area (Å²) in [5.74, 6) is 11.7. The number of fused-ring (bicyclic) bond motifs is 4. The van der Waals surface area contributed by atoms with Crippen LogP contribution in [0.1, 0.15) is 38.5 Å². The number of hydrogen-bond acceptors (Lipinski definition) is 34. The second kappa shape index (κ2) is 38.6. The lowest BCUT2D eigenvalue weighted by Crippen LogP contribution is -2.36. The van der Waals surface area contributed by atoms with Gasteiger partial charge in [0.15, 0.2) is 46.5 Å². The van der Waals surface area contributed by atoms with Gasteiger partial charge in [-0.05, 0) is 177 Å². The van der Waals surface area contributed by atoms with Crippen molar-refractivity contribution in [1.82, 2.24) is 39.9 Å². The van der Waals surface area contributed by atoms with Gasteiger partial charge in [0.2, 0.25) is 23.8 Å². The number of nitrogens with zero attached hydrogens (tertiary/aromatic N) is 12. The summed E-state index contributed by atoms with van der Waals surface area (Å²) in [6.45, 7) is 17.2. The second-order valence-corrected chi connectivity index (χ2v) is 30.6. The van der Waals surface area contributed by atoms with Crippen LogP contribution in [-0.4, -0.2) is 191 Å². The second-order valence-electron chi connectivity index (χ2n) is 30.6. The van der Waals surface area contributed by atoms with E-state index in [1.807, 2.05) is 103 Å². The first-order chi connectivity index (χ1) is 60.3. The number of rotatable bonds is 24. The Morgan fingerprint density at radius 1 is 0.328 bits per heavy atom. The Morgan fingerprint density at radius 3 is 1.07 bits per heavy atom. The molecule has 7 aromatic carbocycles. The highest BCUT2D eigenvalue weighted by Crippen LogP contribution is 2.41. The smallest absolute Gasteiger partial charge is 0.231 e. The first-order valence-electron chi connectivity index (χ1n) is 42.2. The molecule has 0 bridgehead atoms. The molecule has 0 spiro atoms. The van der Waals surface area contributed by atoms with Crippen LogP contribution in [0.3, 0.4) is 0 Å². The number of nitrogens with one attached hydrogen (secondary N) is 16. The van der Waals surface area contributed by atoms with Crippen molar-refractivity contribution >= 4 is 150 Å². The minimum absolute atomic E-state index is 0.502. The highest BCUT2D eigenvalue weighted by atomic mass is 16.5. The predicted octanol–water partition coefficient (Wildman–Crippen LogP) is 14.9. The standard InChI is InChI=1S/C27H27N7O2.C22H25N7O2.C20H27N7O.C19H25N7O/c1-2-6-22(7-3-1)36-23-8-4-5-20(17-23)30-26-24-25(29-18-28-24)32-27(33-26)31-19-9-11-21(12-10-19)34-13-15-35-16-14-34;1-30-18-8-4-15(5-9-18)25-21-19-20(24-14-23-19)27-22(28-21)26-16-2-6-17(7-3-16)29-10-12-31-13-11-29;1-2-4-14(3-1)23-19-17-18(22-13-21-17)25-20(26-19)24-15-5-7-16(8-6-15)27-9-11-28-12-10-27;1-2-13(1)11-20-17-16-18(22-12-21-16)25-19(24-17)23-14-3-5-15(6-4-14)26-7-9-27-10-8-26/h1-12,17,28H,13-16,18H2,(H3,29,30,31,32,33);2-9,23H,10-14H2,1H3,(H3,24,25,26,27,28);5-8,14,21H,1-4,9-13H2,(H3,22,23,24,25,26);3-6,13,21H,1-2,7-12H2,(H3,20,22,23,24,25). The van der Waals surface area contributed by atoms with Crippen LogP contribution in [0, 0.1) is 5.92 Å². The summed E-state index contributed by atoms with van der Waals surface area (Å²) >= 11 is 0. The molecule has 34 heteroatoms. The maximum Gasteiger partial charge on any atom is 0.231 e. The van der Waals surface area contributed by atoms with E-state index in [2.05, 4.69) is 202 Å². The third kappa shape index (κ3) is 20.6. The Bertz CT molecular complexity index is 5270. The number of ether oxygens (including phenoxy) is 6.